The van der Waals surface area contributed by atoms with Crippen molar-refractivity contribution < 1.29 is 0 Å². The third-order valence-corrected chi connectivity index (χ3v) is 5.33. The molecule has 0 aromatic heterocycles. The van der Waals surface area contributed by atoms with Gasteiger partial charge in [0.05, 0.1) is 0 Å². The Hall–Kier alpha value is -0.0400. The van der Waals surface area contributed by atoms with Crippen molar-refractivity contribution in [1.29, 1.82) is 0 Å². The Bertz CT molecular complexity index is 206. The molecule has 6 aliphatic rings. The molecular weight excluding hydrogens is 110 g/mol. The highest BCUT2D eigenvalue weighted by atomic mass is 15.5. The molecule has 6 rings (SSSR count). The van der Waals surface area contributed by atoms with Crippen LogP contribution in [0.3, 0.4) is 0 Å². The smallest absolute Gasteiger partial charge is 0.0220 e. The van der Waals surface area contributed by atoms with Crippen LogP contribution in [0, 0.1) is 23.2 Å². The molecule has 9 heavy (non-hydrogen) atoms. The van der Waals surface area contributed by atoms with Crippen molar-refractivity contribution in [2.45, 2.75) is 25.0 Å². The first-order valence-corrected chi connectivity index (χ1v) is 4.14. The molecule has 3 aliphatic heterocycles. The van der Waals surface area contributed by atoms with Crippen LogP contribution in [0.4, 0.5) is 0 Å². The Morgan fingerprint density at radius 2 is 1.89 bits per heavy atom. The Balaban J connectivity index is 1.93. The van der Waals surface area contributed by atoms with Crippen LogP contribution < -0.4 is 0 Å². The first-order chi connectivity index (χ1) is 4.37. The largest absolute Gasteiger partial charge is 0.292 e. The summed E-state index contributed by atoms with van der Waals surface area (Å²) in [5, 5.41) is 0. The maximum atomic E-state index is 2.77. The molecule has 0 spiro atoms. The fourth-order valence-corrected chi connectivity index (χ4v) is 5.25. The molecular formula is C8H9N. The van der Waals surface area contributed by atoms with E-state index in [1.807, 2.05) is 0 Å². The standard InChI is InChI=1S/C8H9N/c1-8-4-2-5-3(4)7(8)9(5)6(2)8/h2-7H,1H3. The summed E-state index contributed by atoms with van der Waals surface area (Å²) >= 11 is 0. The van der Waals surface area contributed by atoms with Gasteiger partial charge in [0.2, 0.25) is 0 Å². The number of nitrogens with zero attached hydrogens (tertiary/aromatic N) is 1. The minimum atomic E-state index is 0.893. The third-order valence-electron chi connectivity index (χ3n) is 5.33. The van der Waals surface area contributed by atoms with E-state index in [0.717, 1.165) is 23.5 Å². The SMILES string of the molecule is CC12C3C4C5C3C1N5C42. The minimum Gasteiger partial charge on any atom is -0.292 e. The van der Waals surface area contributed by atoms with E-state index in [-0.39, 0.29) is 0 Å². The van der Waals surface area contributed by atoms with Crippen molar-refractivity contribution in [3.8, 4) is 0 Å². The quantitative estimate of drug-likeness (QED) is 0.444. The molecule has 0 N–H and O–H groups in total. The van der Waals surface area contributed by atoms with Crippen LogP contribution in [-0.4, -0.2) is 23.0 Å². The van der Waals surface area contributed by atoms with Crippen LogP contribution in [0.5, 0.6) is 0 Å². The lowest BCUT2D eigenvalue weighted by atomic mass is 9.11. The average Bonchev–Trinajstić information content (AvgIpc) is 1.88. The van der Waals surface area contributed by atoms with E-state index in [0.29, 0.717) is 0 Å². The van der Waals surface area contributed by atoms with Gasteiger partial charge in [-0.05, 0) is 17.8 Å². The molecule has 1 heteroatoms. The molecule has 0 bridgehead atoms. The maximum Gasteiger partial charge on any atom is 0.0220 e. The molecule has 4 unspecified atom stereocenters. The van der Waals surface area contributed by atoms with E-state index in [1.165, 1.54) is 17.8 Å². The monoisotopic (exact) mass is 119 g/mol. The van der Waals surface area contributed by atoms with Gasteiger partial charge in [0.25, 0.3) is 0 Å². The van der Waals surface area contributed by atoms with Crippen LogP contribution in [-0.2, 0) is 0 Å². The van der Waals surface area contributed by atoms with Gasteiger partial charge in [0, 0.05) is 23.5 Å². The number of piperidine rings is 12. The van der Waals surface area contributed by atoms with Crippen LogP contribution >= 0.6 is 0 Å². The zero-order chi connectivity index (χ0) is 5.54. The Morgan fingerprint density at radius 3 is 2.11 bits per heavy atom. The molecule has 3 saturated heterocycles. The summed E-state index contributed by atoms with van der Waals surface area (Å²) in [6.45, 7) is 2.52. The molecule has 0 aromatic rings. The zero-order valence-corrected chi connectivity index (χ0v) is 5.41. The fraction of sp³-hybridized carbons (Fsp3) is 1.00. The minimum absolute atomic E-state index is 0.893. The molecule has 4 atom stereocenters. The second-order valence-corrected chi connectivity index (χ2v) is 4.87. The van der Waals surface area contributed by atoms with Gasteiger partial charge in [-0.25, -0.2) is 0 Å². The van der Waals surface area contributed by atoms with E-state index < -0.39 is 0 Å². The first-order valence-electron chi connectivity index (χ1n) is 4.14. The highest BCUT2D eigenvalue weighted by Crippen LogP contribution is 2.95. The van der Waals surface area contributed by atoms with Crippen molar-refractivity contribution in [1.82, 2.24) is 4.90 Å². The van der Waals surface area contributed by atoms with Crippen LogP contribution in [0.25, 0.3) is 0 Å². The van der Waals surface area contributed by atoms with Gasteiger partial charge in [-0.1, -0.05) is 6.92 Å². The normalized spacial score (nSPS) is 99.7. The van der Waals surface area contributed by atoms with Gasteiger partial charge in [-0.2, -0.15) is 0 Å². The molecule has 3 saturated carbocycles. The highest BCUT2D eigenvalue weighted by Gasteiger charge is 3.02. The topological polar surface area (TPSA) is 3.24 Å². The lowest BCUT2D eigenvalue weighted by Crippen LogP contribution is -3.16. The fourth-order valence-electron chi connectivity index (χ4n) is 5.25. The number of hydrogen-bond donors (Lipinski definition) is 0. The molecule has 0 radical (unpaired) electrons. The van der Waals surface area contributed by atoms with Crippen molar-refractivity contribution in [2.75, 3.05) is 0 Å². The summed E-state index contributed by atoms with van der Waals surface area (Å²) < 4.78 is 0. The maximum absolute atomic E-state index is 2.77. The van der Waals surface area contributed by atoms with E-state index in [2.05, 4.69) is 11.8 Å². The van der Waals surface area contributed by atoms with Crippen LogP contribution in [0.1, 0.15) is 6.92 Å². The summed E-state index contributed by atoms with van der Waals surface area (Å²) in [7, 11) is 0. The van der Waals surface area contributed by atoms with Gasteiger partial charge in [0.1, 0.15) is 0 Å². The summed E-state index contributed by atoms with van der Waals surface area (Å²) in [5.74, 6) is 3.69. The average molecular weight is 119 g/mol. The van der Waals surface area contributed by atoms with Crippen molar-refractivity contribution in [3.63, 3.8) is 0 Å². The first kappa shape index (κ1) is 3.38. The summed E-state index contributed by atoms with van der Waals surface area (Å²) in [6, 6.07) is 3.37. The van der Waals surface area contributed by atoms with Gasteiger partial charge in [-0.3, -0.25) is 4.90 Å². The Morgan fingerprint density at radius 1 is 1.22 bits per heavy atom. The predicted octanol–water partition coefficient (Wildman–Crippen LogP) is 0.317. The van der Waals surface area contributed by atoms with E-state index in [9.17, 15) is 0 Å². The van der Waals surface area contributed by atoms with E-state index in [4.69, 9.17) is 0 Å². The Kier molecular flexibility index (Phi) is 0.199. The van der Waals surface area contributed by atoms with Crippen LogP contribution in [0.15, 0.2) is 0 Å². The molecule has 0 aromatic carbocycles. The zero-order valence-electron chi connectivity index (χ0n) is 5.41. The lowest BCUT2D eigenvalue weighted by molar-refractivity contribution is -0.589. The van der Waals surface area contributed by atoms with Crippen molar-refractivity contribution in [2.24, 2.45) is 23.2 Å². The van der Waals surface area contributed by atoms with E-state index in [1.54, 1.807) is 0 Å². The van der Waals surface area contributed by atoms with Gasteiger partial charge in [0.15, 0.2) is 0 Å². The number of rotatable bonds is 0. The van der Waals surface area contributed by atoms with Crippen molar-refractivity contribution in [3.05, 3.63) is 0 Å². The second-order valence-electron chi connectivity index (χ2n) is 4.87. The van der Waals surface area contributed by atoms with E-state index >= 15 is 0 Å². The van der Waals surface area contributed by atoms with Gasteiger partial charge in [-0.15, -0.1) is 0 Å². The molecule has 3 aliphatic carbocycles. The molecule has 1 nitrogen and oxygen atoms in total. The van der Waals surface area contributed by atoms with Gasteiger partial charge >= 0.3 is 0 Å². The summed E-state index contributed by atoms with van der Waals surface area (Å²) in [4.78, 5) is 2.77. The van der Waals surface area contributed by atoms with Crippen LogP contribution in [0.2, 0.25) is 0 Å². The predicted molar refractivity (Wildman–Crippen MR) is 31.8 cm³/mol. The molecule has 0 amide bonds. The highest BCUT2D eigenvalue weighted by molar-refractivity contribution is 5.54. The summed E-state index contributed by atoms with van der Waals surface area (Å²) in [5.41, 5.74) is 0.893. The van der Waals surface area contributed by atoms with Crippen molar-refractivity contribution >= 4 is 0 Å². The molecule has 3 heterocycles. The Labute approximate surface area is 54.0 Å². The molecule has 6 fully saturated rings. The second kappa shape index (κ2) is 0.531. The molecule has 46 valence electrons. The number of hydrogen-bond acceptors (Lipinski definition) is 1. The van der Waals surface area contributed by atoms with Gasteiger partial charge < -0.3 is 0 Å². The third kappa shape index (κ3) is 0.0971. The lowest BCUT2D eigenvalue weighted by Gasteiger charge is -3.08. The summed E-state index contributed by atoms with van der Waals surface area (Å²) in [6.07, 6.45) is 0.